The summed E-state index contributed by atoms with van der Waals surface area (Å²) < 4.78 is 5.58. The van der Waals surface area contributed by atoms with Crippen LogP contribution in [0.2, 0.25) is 5.02 Å². The van der Waals surface area contributed by atoms with Crippen LogP contribution in [0.25, 0.3) is 11.3 Å². The van der Waals surface area contributed by atoms with Crippen molar-refractivity contribution in [3.63, 3.8) is 0 Å². The summed E-state index contributed by atoms with van der Waals surface area (Å²) in [6.07, 6.45) is 2.54. The van der Waals surface area contributed by atoms with Crippen LogP contribution in [0.4, 0.5) is 10.6 Å². The molecule has 1 amide bonds. The normalized spacial score (nSPS) is 14.6. The van der Waals surface area contributed by atoms with Crippen molar-refractivity contribution in [2.75, 3.05) is 11.4 Å². The number of fused-ring (bicyclic) bond motifs is 1. The van der Waals surface area contributed by atoms with Crippen LogP contribution in [0.3, 0.4) is 0 Å². The molecule has 0 saturated heterocycles. The highest BCUT2D eigenvalue weighted by molar-refractivity contribution is 6.30. The van der Waals surface area contributed by atoms with Crippen LogP contribution < -0.4 is 4.90 Å². The van der Waals surface area contributed by atoms with Gasteiger partial charge in [0.15, 0.2) is 0 Å². The summed E-state index contributed by atoms with van der Waals surface area (Å²) in [6, 6.07) is 11.6. The zero-order chi connectivity index (χ0) is 18.0. The topological polar surface area (TPSA) is 42.4 Å². The van der Waals surface area contributed by atoms with Crippen LogP contribution in [0, 0.1) is 0 Å². The summed E-state index contributed by atoms with van der Waals surface area (Å²) in [5.74, 6) is 0.698. The fourth-order valence-corrected chi connectivity index (χ4v) is 3.09. The lowest BCUT2D eigenvalue weighted by molar-refractivity contribution is 0.0579. The molecule has 1 aromatic heterocycles. The minimum Gasteiger partial charge on any atom is -0.443 e. The Bertz CT molecular complexity index is 784. The number of aryl methyl sites for hydroxylation is 1. The quantitative estimate of drug-likeness (QED) is 0.677. The second-order valence-corrected chi connectivity index (χ2v) is 7.72. The molecule has 2 aromatic rings. The van der Waals surface area contributed by atoms with Crippen LogP contribution in [-0.2, 0) is 11.2 Å². The number of rotatable bonds is 1. The molecule has 4 nitrogen and oxygen atoms in total. The predicted octanol–water partition coefficient (Wildman–Crippen LogP) is 5.48. The SMILES string of the molecule is CC(C)(C)OC(=O)N1CCCCc2ccc(-c3cccc(Cl)c3)nc21. The predicted molar refractivity (Wildman–Crippen MR) is 101 cm³/mol. The number of anilines is 1. The number of halogens is 1. The molecule has 0 unspecified atom stereocenters. The first kappa shape index (κ1) is 17.7. The van der Waals surface area contributed by atoms with Crippen molar-refractivity contribution in [1.82, 2.24) is 4.98 Å². The van der Waals surface area contributed by atoms with Crippen molar-refractivity contribution in [3.8, 4) is 11.3 Å². The second kappa shape index (κ2) is 7.04. The van der Waals surface area contributed by atoms with E-state index in [2.05, 4.69) is 6.07 Å². The third kappa shape index (κ3) is 4.31. The second-order valence-electron chi connectivity index (χ2n) is 7.28. The zero-order valence-electron chi connectivity index (χ0n) is 14.9. The van der Waals surface area contributed by atoms with Crippen molar-refractivity contribution in [2.24, 2.45) is 0 Å². The first-order valence-electron chi connectivity index (χ1n) is 8.60. The molecule has 1 aliphatic rings. The first-order valence-corrected chi connectivity index (χ1v) is 8.98. The van der Waals surface area contributed by atoms with Gasteiger partial charge in [0.2, 0.25) is 0 Å². The van der Waals surface area contributed by atoms with E-state index in [4.69, 9.17) is 21.3 Å². The molecular weight excluding hydrogens is 336 g/mol. The van der Waals surface area contributed by atoms with Gasteiger partial charge in [0.1, 0.15) is 11.4 Å². The Morgan fingerprint density at radius 3 is 2.72 bits per heavy atom. The van der Waals surface area contributed by atoms with E-state index in [1.807, 2.05) is 51.1 Å². The molecule has 0 atom stereocenters. The van der Waals surface area contributed by atoms with E-state index in [9.17, 15) is 4.79 Å². The summed E-state index contributed by atoms with van der Waals surface area (Å²) in [6.45, 7) is 6.24. The van der Waals surface area contributed by atoms with Gasteiger partial charge >= 0.3 is 6.09 Å². The number of benzene rings is 1. The number of nitrogens with zero attached hydrogens (tertiary/aromatic N) is 2. The fraction of sp³-hybridized carbons (Fsp3) is 0.400. The van der Waals surface area contributed by atoms with E-state index >= 15 is 0 Å². The van der Waals surface area contributed by atoms with Crippen LogP contribution in [0.15, 0.2) is 36.4 Å². The van der Waals surface area contributed by atoms with Crippen LogP contribution in [0.1, 0.15) is 39.2 Å². The van der Waals surface area contributed by atoms with Crippen LogP contribution in [-0.4, -0.2) is 23.2 Å². The van der Waals surface area contributed by atoms with Gasteiger partial charge in [0, 0.05) is 17.1 Å². The molecule has 0 bridgehead atoms. The van der Waals surface area contributed by atoms with Gasteiger partial charge in [-0.2, -0.15) is 0 Å². The van der Waals surface area contributed by atoms with Gasteiger partial charge < -0.3 is 4.74 Å². The zero-order valence-corrected chi connectivity index (χ0v) is 15.6. The van der Waals surface area contributed by atoms with Crippen molar-refractivity contribution >= 4 is 23.5 Å². The van der Waals surface area contributed by atoms with E-state index in [-0.39, 0.29) is 6.09 Å². The number of ether oxygens (including phenoxy) is 1. The minimum atomic E-state index is -0.534. The van der Waals surface area contributed by atoms with Gasteiger partial charge in [-0.05, 0) is 63.8 Å². The third-order valence-corrected chi connectivity index (χ3v) is 4.26. The molecule has 0 fully saturated rings. The highest BCUT2D eigenvalue weighted by atomic mass is 35.5. The lowest BCUT2D eigenvalue weighted by atomic mass is 10.1. The van der Waals surface area contributed by atoms with Crippen LogP contribution in [0.5, 0.6) is 0 Å². The van der Waals surface area contributed by atoms with Gasteiger partial charge in [-0.1, -0.05) is 29.8 Å². The lowest BCUT2D eigenvalue weighted by Crippen LogP contribution is -2.38. The minimum absolute atomic E-state index is 0.341. The van der Waals surface area contributed by atoms with Gasteiger partial charge in [-0.3, -0.25) is 4.90 Å². The highest BCUT2D eigenvalue weighted by Crippen LogP contribution is 2.30. The summed E-state index contributed by atoms with van der Waals surface area (Å²) in [5, 5.41) is 0.665. The van der Waals surface area contributed by atoms with Gasteiger partial charge in [-0.15, -0.1) is 0 Å². The summed E-state index contributed by atoms with van der Waals surface area (Å²) in [5.41, 5.74) is 2.28. The average Bonchev–Trinajstić information content (AvgIpc) is 2.75. The largest absolute Gasteiger partial charge is 0.443 e. The number of carbonyl (C=O) groups excluding carboxylic acids is 1. The van der Waals surface area contributed by atoms with Gasteiger partial charge in [-0.25, -0.2) is 9.78 Å². The summed E-state index contributed by atoms with van der Waals surface area (Å²) in [4.78, 5) is 19.1. The fourth-order valence-electron chi connectivity index (χ4n) is 2.90. The maximum Gasteiger partial charge on any atom is 0.416 e. The molecule has 0 spiro atoms. The van der Waals surface area contributed by atoms with E-state index in [1.165, 1.54) is 0 Å². The number of amides is 1. The Balaban J connectivity index is 2.00. The molecule has 0 radical (unpaired) electrons. The van der Waals surface area contributed by atoms with E-state index in [1.54, 1.807) is 4.90 Å². The van der Waals surface area contributed by atoms with Crippen molar-refractivity contribution < 1.29 is 9.53 Å². The molecule has 1 aliphatic heterocycles. The Kier molecular flexibility index (Phi) is 5.00. The number of hydrogen-bond acceptors (Lipinski definition) is 3. The maximum atomic E-state index is 12.7. The van der Waals surface area contributed by atoms with Crippen molar-refractivity contribution in [1.29, 1.82) is 0 Å². The van der Waals surface area contributed by atoms with Gasteiger partial charge in [0.05, 0.1) is 5.69 Å². The van der Waals surface area contributed by atoms with E-state index in [0.717, 1.165) is 36.1 Å². The molecule has 132 valence electrons. The molecule has 1 aromatic carbocycles. The Labute approximate surface area is 153 Å². The highest BCUT2D eigenvalue weighted by Gasteiger charge is 2.27. The molecule has 2 heterocycles. The number of hydrogen-bond donors (Lipinski definition) is 0. The number of aromatic nitrogens is 1. The van der Waals surface area contributed by atoms with E-state index in [0.29, 0.717) is 17.4 Å². The Hall–Kier alpha value is -2.07. The van der Waals surface area contributed by atoms with Gasteiger partial charge in [0.25, 0.3) is 0 Å². The molecule has 0 aliphatic carbocycles. The maximum absolute atomic E-state index is 12.7. The number of carbonyl (C=O) groups is 1. The molecule has 0 N–H and O–H groups in total. The third-order valence-electron chi connectivity index (χ3n) is 4.02. The standard InChI is InChI=1S/C20H23ClN2O2/c1-20(2,3)25-19(24)23-12-5-4-7-14-10-11-17(22-18(14)23)15-8-6-9-16(21)13-15/h6,8-11,13H,4-5,7,12H2,1-3H3. The molecular formula is C20H23ClN2O2. The average molecular weight is 359 g/mol. The molecule has 3 rings (SSSR count). The van der Waals surface area contributed by atoms with Crippen LogP contribution >= 0.6 is 11.6 Å². The Morgan fingerprint density at radius 1 is 1.20 bits per heavy atom. The first-order chi connectivity index (χ1) is 11.8. The lowest BCUT2D eigenvalue weighted by Gasteiger charge is -2.27. The summed E-state index contributed by atoms with van der Waals surface area (Å²) >= 11 is 6.10. The molecule has 0 saturated carbocycles. The molecule has 25 heavy (non-hydrogen) atoms. The molecule has 5 heteroatoms. The Morgan fingerprint density at radius 2 is 2.00 bits per heavy atom. The number of pyridine rings is 1. The van der Waals surface area contributed by atoms with Crippen molar-refractivity contribution in [3.05, 3.63) is 47.0 Å². The van der Waals surface area contributed by atoms with E-state index < -0.39 is 5.60 Å². The summed E-state index contributed by atoms with van der Waals surface area (Å²) in [7, 11) is 0. The smallest absolute Gasteiger partial charge is 0.416 e. The van der Waals surface area contributed by atoms with Crippen molar-refractivity contribution in [2.45, 2.75) is 45.6 Å². The monoisotopic (exact) mass is 358 g/mol.